The maximum Gasteiger partial charge on any atom is 0.180 e. The second kappa shape index (κ2) is 5.48. The summed E-state index contributed by atoms with van der Waals surface area (Å²) in [4.78, 5) is 4.16. The average molecular weight is 308 g/mol. The number of thiophene rings is 1. The van der Waals surface area contributed by atoms with Gasteiger partial charge < -0.3 is 11.1 Å². The second-order valence-corrected chi connectivity index (χ2v) is 7.08. The van der Waals surface area contributed by atoms with E-state index in [1.807, 2.05) is 12.1 Å². The van der Waals surface area contributed by atoms with Gasteiger partial charge in [-0.15, -0.1) is 11.3 Å². The molecule has 8 heteroatoms. The molecule has 6 nitrogen and oxygen atoms in total. The molecule has 0 atom stereocenters. The molecule has 0 aliphatic rings. The fraction of sp³-hybridized carbons (Fsp3) is 0.167. The summed E-state index contributed by atoms with van der Waals surface area (Å²) in [5.74, 6) is 0. The summed E-state index contributed by atoms with van der Waals surface area (Å²) in [6.45, 7) is 0.404. The second-order valence-electron chi connectivity index (χ2n) is 4.10. The zero-order valence-electron chi connectivity index (χ0n) is 10.6. The van der Waals surface area contributed by atoms with E-state index in [1.54, 1.807) is 18.5 Å². The SMILES string of the molecule is CS(=O)(=O)c1c(NCc2cccnc2)sc(C#N)c1N. The average Bonchev–Trinajstić information content (AvgIpc) is 2.73. The molecule has 2 aromatic heterocycles. The molecule has 0 spiro atoms. The van der Waals surface area contributed by atoms with Crippen LogP contribution in [0.25, 0.3) is 0 Å². The van der Waals surface area contributed by atoms with Crippen molar-refractivity contribution in [1.82, 2.24) is 4.98 Å². The van der Waals surface area contributed by atoms with E-state index >= 15 is 0 Å². The Kier molecular flexibility index (Phi) is 3.92. The first kappa shape index (κ1) is 14.3. The highest BCUT2D eigenvalue weighted by atomic mass is 32.2. The topological polar surface area (TPSA) is 109 Å². The van der Waals surface area contributed by atoms with Gasteiger partial charge in [0.25, 0.3) is 0 Å². The summed E-state index contributed by atoms with van der Waals surface area (Å²) in [5.41, 5.74) is 6.63. The first-order valence-electron chi connectivity index (χ1n) is 5.58. The van der Waals surface area contributed by atoms with Crippen molar-refractivity contribution < 1.29 is 8.42 Å². The van der Waals surface area contributed by atoms with Crippen molar-refractivity contribution in [2.45, 2.75) is 11.4 Å². The van der Waals surface area contributed by atoms with Crippen molar-refractivity contribution in [2.75, 3.05) is 17.3 Å². The molecular weight excluding hydrogens is 296 g/mol. The largest absolute Gasteiger partial charge is 0.396 e. The molecule has 104 valence electrons. The van der Waals surface area contributed by atoms with E-state index in [0.717, 1.165) is 23.2 Å². The van der Waals surface area contributed by atoms with Crippen molar-refractivity contribution in [1.29, 1.82) is 5.26 Å². The highest BCUT2D eigenvalue weighted by Gasteiger charge is 2.23. The minimum atomic E-state index is -3.50. The Morgan fingerprint density at radius 3 is 2.85 bits per heavy atom. The van der Waals surface area contributed by atoms with E-state index in [4.69, 9.17) is 11.0 Å². The number of nitrogens with one attached hydrogen (secondary N) is 1. The molecule has 2 aromatic rings. The number of nitrogens with zero attached hydrogens (tertiary/aromatic N) is 2. The molecule has 0 unspecified atom stereocenters. The number of anilines is 2. The molecule has 0 aliphatic heterocycles. The number of rotatable bonds is 4. The Hall–Kier alpha value is -2.11. The third-order valence-corrected chi connectivity index (χ3v) is 4.91. The minimum absolute atomic E-state index is 0.00804. The van der Waals surface area contributed by atoms with Crippen LogP contribution < -0.4 is 11.1 Å². The van der Waals surface area contributed by atoms with Gasteiger partial charge in [-0.05, 0) is 11.6 Å². The maximum absolute atomic E-state index is 11.8. The Balaban J connectivity index is 2.35. The molecule has 3 N–H and O–H groups in total. The lowest BCUT2D eigenvalue weighted by Crippen LogP contribution is -2.05. The number of pyridine rings is 1. The molecule has 0 saturated heterocycles. The highest BCUT2D eigenvalue weighted by molar-refractivity contribution is 7.91. The molecular formula is C12H12N4O2S2. The Morgan fingerprint density at radius 2 is 2.30 bits per heavy atom. The number of nitrogens with two attached hydrogens (primary N) is 1. The van der Waals surface area contributed by atoms with Crippen LogP contribution in [0.3, 0.4) is 0 Å². The predicted octanol–water partition coefficient (Wildman–Crippen LogP) is 1.61. The molecule has 0 amide bonds. The molecule has 2 rings (SSSR count). The Morgan fingerprint density at radius 1 is 1.55 bits per heavy atom. The number of hydrogen-bond acceptors (Lipinski definition) is 7. The molecule has 20 heavy (non-hydrogen) atoms. The Bertz CT molecular complexity index is 761. The number of sulfone groups is 1. The van der Waals surface area contributed by atoms with Gasteiger partial charge in [0.05, 0.1) is 5.69 Å². The van der Waals surface area contributed by atoms with E-state index in [-0.39, 0.29) is 15.5 Å². The summed E-state index contributed by atoms with van der Waals surface area (Å²) >= 11 is 1.04. The molecule has 0 radical (unpaired) electrons. The van der Waals surface area contributed by atoms with Gasteiger partial charge in [0.15, 0.2) is 9.84 Å². The van der Waals surface area contributed by atoms with Crippen LogP contribution in [0.1, 0.15) is 10.4 Å². The molecule has 0 bridgehead atoms. The smallest absolute Gasteiger partial charge is 0.180 e. The third kappa shape index (κ3) is 2.89. The monoisotopic (exact) mass is 308 g/mol. The summed E-state index contributed by atoms with van der Waals surface area (Å²) in [6.07, 6.45) is 4.40. The standard InChI is InChI=1S/C12H12N4O2S2/c1-20(17,18)11-10(14)9(5-13)19-12(11)16-7-8-3-2-4-15-6-8/h2-4,6,16H,7,14H2,1H3. The lowest BCUT2D eigenvalue weighted by atomic mass is 10.3. The van der Waals surface area contributed by atoms with Crippen LogP contribution in [0.5, 0.6) is 0 Å². The lowest BCUT2D eigenvalue weighted by Gasteiger charge is -2.06. The van der Waals surface area contributed by atoms with Gasteiger partial charge in [-0.2, -0.15) is 5.26 Å². The quantitative estimate of drug-likeness (QED) is 0.888. The normalized spacial score (nSPS) is 11.0. The van der Waals surface area contributed by atoms with E-state index < -0.39 is 9.84 Å². The van der Waals surface area contributed by atoms with Crippen molar-refractivity contribution in [2.24, 2.45) is 0 Å². The zero-order valence-corrected chi connectivity index (χ0v) is 12.3. The number of nitriles is 1. The van der Waals surface area contributed by atoms with Gasteiger partial charge in [0.2, 0.25) is 0 Å². The van der Waals surface area contributed by atoms with E-state index in [1.165, 1.54) is 0 Å². The van der Waals surface area contributed by atoms with Crippen molar-refractivity contribution in [3.8, 4) is 6.07 Å². The van der Waals surface area contributed by atoms with Gasteiger partial charge in [-0.3, -0.25) is 4.98 Å². The summed E-state index contributed by atoms with van der Waals surface area (Å²) in [7, 11) is -3.50. The van der Waals surface area contributed by atoms with Crippen LogP contribution in [0.2, 0.25) is 0 Å². The molecule has 0 saturated carbocycles. The minimum Gasteiger partial charge on any atom is -0.396 e. The van der Waals surface area contributed by atoms with Gasteiger partial charge in [0.1, 0.15) is 20.8 Å². The van der Waals surface area contributed by atoms with E-state index in [9.17, 15) is 8.42 Å². The number of nitrogen functional groups attached to an aromatic ring is 1. The lowest BCUT2D eigenvalue weighted by molar-refractivity contribution is 0.603. The highest BCUT2D eigenvalue weighted by Crippen LogP contribution is 2.38. The fourth-order valence-corrected chi connectivity index (χ4v) is 4.04. The zero-order chi connectivity index (χ0) is 14.8. The molecule has 0 aromatic carbocycles. The summed E-state index contributed by atoms with van der Waals surface area (Å²) in [5, 5.41) is 12.3. The first-order chi connectivity index (χ1) is 9.43. The van der Waals surface area contributed by atoms with E-state index in [0.29, 0.717) is 11.5 Å². The number of hydrogen-bond donors (Lipinski definition) is 2. The first-order valence-corrected chi connectivity index (χ1v) is 8.29. The van der Waals surface area contributed by atoms with Crippen LogP contribution in [-0.4, -0.2) is 19.7 Å². The summed E-state index contributed by atoms with van der Waals surface area (Å²) in [6, 6.07) is 5.56. The maximum atomic E-state index is 11.8. The van der Waals surface area contributed by atoms with Crippen molar-refractivity contribution in [3.05, 3.63) is 35.0 Å². The van der Waals surface area contributed by atoms with Crippen molar-refractivity contribution >= 4 is 31.9 Å². The van der Waals surface area contributed by atoms with E-state index in [2.05, 4.69) is 10.3 Å². The molecule has 2 heterocycles. The van der Waals surface area contributed by atoms with Gasteiger partial charge >= 0.3 is 0 Å². The van der Waals surface area contributed by atoms with Crippen LogP contribution in [0.4, 0.5) is 10.7 Å². The fourth-order valence-electron chi connectivity index (χ4n) is 1.68. The third-order valence-electron chi connectivity index (χ3n) is 2.55. The van der Waals surface area contributed by atoms with Crippen LogP contribution >= 0.6 is 11.3 Å². The van der Waals surface area contributed by atoms with Crippen LogP contribution in [0.15, 0.2) is 29.4 Å². The van der Waals surface area contributed by atoms with Crippen LogP contribution in [0, 0.1) is 11.3 Å². The van der Waals surface area contributed by atoms with Gasteiger partial charge in [0, 0.05) is 25.2 Å². The van der Waals surface area contributed by atoms with Gasteiger partial charge in [-0.1, -0.05) is 6.07 Å². The molecule has 0 fully saturated rings. The number of aromatic nitrogens is 1. The van der Waals surface area contributed by atoms with Crippen LogP contribution in [-0.2, 0) is 16.4 Å². The predicted molar refractivity (Wildman–Crippen MR) is 78.1 cm³/mol. The molecule has 0 aliphatic carbocycles. The summed E-state index contributed by atoms with van der Waals surface area (Å²) < 4.78 is 23.6. The Labute approximate surface area is 120 Å². The van der Waals surface area contributed by atoms with Crippen molar-refractivity contribution in [3.63, 3.8) is 0 Å². The van der Waals surface area contributed by atoms with Gasteiger partial charge in [-0.25, -0.2) is 8.42 Å².